The minimum atomic E-state index is 0.0508. The molecule has 1 aliphatic heterocycles. The fraction of sp³-hybridized carbons (Fsp3) is 0.471. The summed E-state index contributed by atoms with van der Waals surface area (Å²) >= 11 is 0. The number of benzene rings is 1. The van der Waals surface area contributed by atoms with Crippen LogP contribution in [0.1, 0.15) is 30.9 Å². The first-order valence-corrected chi connectivity index (χ1v) is 7.18. The van der Waals surface area contributed by atoms with Gasteiger partial charge in [0.25, 0.3) is 0 Å². The Labute approximate surface area is 125 Å². The summed E-state index contributed by atoms with van der Waals surface area (Å²) in [7, 11) is 1.61. The fourth-order valence-electron chi connectivity index (χ4n) is 2.51. The van der Waals surface area contributed by atoms with Crippen molar-refractivity contribution in [1.82, 2.24) is 4.90 Å². The number of ether oxygens (including phenoxy) is 1. The number of likely N-dealkylation sites (tertiary alicyclic amines) is 1. The highest BCUT2D eigenvalue weighted by Gasteiger charge is 2.26. The number of rotatable bonds is 4. The molecule has 0 aliphatic carbocycles. The zero-order chi connectivity index (χ0) is 15.2. The Kier molecular flexibility index (Phi) is 5.24. The molecule has 0 bridgehead atoms. The number of amides is 1. The Bertz CT molecular complexity index is 571. The number of carbonyl (C=O) groups excluding carboxylic acids is 1. The largest absolute Gasteiger partial charge is 0.495 e. The van der Waals surface area contributed by atoms with Crippen molar-refractivity contribution in [3.8, 4) is 17.6 Å². The first-order valence-electron chi connectivity index (χ1n) is 7.18. The Morgan fingerprint density at radius 3 is 2.90 bits per heavy atom. The van der Waals surface area contributed by atoms with Crippen LogP contribution in [-0.4, -0.2) is 36.2 Å². The zero-order valence-corrected chi connectivity index (χ0v) is 12.6. The van der Waals surface area contributed by atoms with Crippen molar-refractivity contribution in [3.05, 3.63) is 29.3 Å². The van der Waals surface area contributed by atoms with E-state index in [4.69, 9.17) is 9.84 Å². The molecular formula is C17H21NO3. The zero-order valence-electron chi connectivity index (χ0n) is 12.6. The summed E-state index contributed by atoms with van der Waals surface area (Å²) < 4.78 is 5.29. The Balaban J connectivity index is 2.16. The molecule has 1 aliphatic rings. The molecule has 1 heterocycles. The SMILES string of the molecule is COc1ccc(CN2CC(C)CC2=O)cc1C#CCCO. The lowest BCUT2D eigenvalue weighted by Crippen LogP contribution is -2.24. The summed E-state index contributed by atoms with van der Waals surface area (Å²) in [5, 5.41) is 8.79. The van der Waals surface area contributed by atoms with Crippen molar-refractivity contribution < 1.29 is 14.6 Å². The van der Waals surface area contributed by atoms with Gasteiger partial charge in [0.2, 0.25) is 5.91 Å². The van der Waals surface area contributed by atoms with E-state index in [9.17, 15) is 4.79 Å². The summed E-state index contributed by atoms with van der Waals surface area (Å²) in [6.07, 6.45) is 1.08. The molecule has 1 aromatic carbocycles. The lowest BCUT2D eigenvalue weighted by molar-refractivity contribution is -0.128. The van der Waals surface area contributed by atoms with E-state index in [1.165, 1.54) is 0 Å². The first kappa shape index (κ1) is 15.4. The third-order valence-electron chi connectivity index (χ3n) is 3.51. The average Bonchev–Trinajstić information content (AvgIpc) is 2.77. The molecule has 0 aromatic heterocycles. The first-order chi connectivity index (χ1) is 10.1. The number of aliphatic hydroxyl groups excluding tert-OH is 1. The Morgan fingerprint density at radius 1 is 1.48 bits per heavy atom. The molecule has 4 heteroatoms. The van der Waals surface area contributed by atoms with Crippen LogP contribution in [0.4, 0.5) is 0 Å². The van der Waals surface area contributed by atoms with Gasteiger partial charge in [0.15, 0.2) is 0 Å². The van der Waals surface area contributed by atoms with Crippen LogP contribution in [0.25, 0.3) is 0 Å². The smallest absolute Gasteiger partial charge is 0.223 e. The number of carbonyl (C=O) groups is 1. The van der Waals surface area contributed by atoms with E-state index in [1.54, 1.807) is 7.11 Å². The summed E-state index contributed by atoms with van der Waals surface area (Å²) in [6, 6.07) is 5.80. The average molecular weight is 287 g/mol. The molecule has 21 heavy (non-hydrogen) atoms. The highest BCUT2D eigenvalue weighted by molar-refractivity contribution is 5.78. The lowest BCUT2D eigenvalue weighted by Gasteiger charge is -2.16. The Hall–Kier alpha value is -1.99. The summed E-state index contributed by atoms with van der Waals surface area (Å²) in [5.74, 6) is 7.27. The second kappa shape index (κ2) is 7.14. The van der Waals surface area contributed by atoms with Crippen molar-refractivity contribution in [2.75, 3.05) is 20.3 Å². The van der Waals surface area contributed by atoms with Crippen LogP contribution >= 0.6 is 0 Å². The molecule has 112 valence electrons. The quantitative estimate of drug-likeness (QED) is 0.859. The van der Waals surface area contributed by atoms with Crippen LogP contribution in [0, 0.1) is 17.8 Å². The minimum Gasteiger partial charge on any atom is -0.495 e. The molecule has 1 aromatic rings. The van der Waals surface area contributed by atoms with Crippen LogP contribution < -0.4 is 4.74 Å². The Morgan fingerprint density at radius 2 is 2.29 bits per heavy atom. The van der Waals surface area contributed by atoms with E-state index in [-0.39, 0.29) is 12.5 Å². The summed E-state index contributed by atoms with van der Waals surface area (Å²) in [4.78, 5) is 13.7. The summed E-state index contributed by atoms with van der Waals surface area (Å²) in [5.41, 5.74) is 1.84. The molecule has 0 saturated carbocycles. The predicted molar refractivity (Wildman–Crippen MR) is 80.8 cm³/mol. The molecule has 1 fully saturated rings. The van der Waals surface area contributed by atoms with E-state index in [0.29, 0.717) is 31.1 Å². The van der Waals surface area contributed by atoms with E-state index in [1.807, 2.05) is 23.1 Å². The van der Waals surface area contributed by atoms with E-state index >= 15 is 0 Å². The van der Waals surface area contributed by atoms with Gasteiger partial charge in [0, 0.05) is 25.9 Å². The molecule has 1 atom stereocenters. The topological polar surface area (TPSA) is 49.8 Å². The fourth-order valence-corrected chi connectivity index (χ4v) is 2.51. The van der Waals surface area contributed by atoms with Crippen molar-refractivity contribution in [1.29, 1.82) is 0 Å². The van der Waals surface area contributed by atoms with Crippen molar-refractivity contribution in [2.45, 2.75) is 26.3 Å². The molecule has 2 rings (SSSR count). The van der Waals surface area contributed by atoms with Crippen molar-refractivity contribution in [3.63, 3.8) is 0 Å². The normalized spacial score (nSPS) is 17.6. The second-order valence-corrected chi connectivity index (χ2v) is 5.39. The lowest BCUT2D eigenvalue weighted by atomic mass is 10.1. The van der Waals surface area contributed by atoms with Gasteiger partial charge in [-0.3, -0.25) is 4.79 Å². The monoisotopic (exact) mass is 287 g/mol. The number of methoxy groups -OCH3 is 1. The number of hydrogen-bond donors (Lipinski definition) is 1. The van der Waals surface area contributed by atoms with Gasteiger partial charge in [-0.25, -0.2) is 0 Å². The summed E-state index contributed by atoms with van der Waals surface area (Å²) in [6.45, 7) is 3.57. The molecule has 0 radical (unpaired) electrons. The molecule has 4 nitrogen and oxygen atoms in total. The van der Waals surface area contributed by atoms with E-state index in [0.717, 1.165) is 17.7 Å². The third-order valence-corrected chi connectivity index (χ3v) is 3.51. The van der Waals surface area contributed by atoms with E-state index in [2.05, 4.69) is 18.8 Å². The van der Waals surface area contributed by atoms with Gasteiger partial charge in [-0.15, -0.1) is 0 Å². The molecule has 0 spiro atoms. The van der Waals surface area contributed by atoms with Gasteiger partial charge >= 0.3 is 0 Å². The van der Waals surface area contributed by atoms with Gasteiger partial charge in [0.05, 0.1) is 19.3 Å². The highest BCUT2D eigenvalue weighted by Crippen LogP contribution is 2.23. The van der Waals surface area contributed by atoms with Gasteiger partial charge in [-0.1, -0.05) is 24.8 Å². The predicted octanol–water partition coefficient (Wildman–Crippen LogP) is 1.80. The minimum absolute atomic E-state index is 0.0508. The number of hydrogen-bond acceptors (Lipinski definition) is 3. The maximum atomic E-state index is 11.9. The van der Waals surface area contributed by atoms with Crippen molar-refractivity contribution in [2.24, 2.45) is 5.92 Å². The number of aliphatic hydroxyl groups is 1. The van der Waals surface area contributed by atoms with Crippen LogP contribution in [0.2, 0.25) is 0 Å². The maximum Gasteiger partial charge on any atom is 0.223 e. The molecule has 1 unspecified atom stereocenters. The highest BCUT2D eigenvalue weighted by atomic mass is 16.5. The standard InChI is InChI=1S/C17H21NO3/c1-13-9-17(20)18(11-13)12-14-6-7-16(21-2)15(10-14)5-3-4-8-19/h6-7,10,13,19H,4,8-9,11-12H2,1-2H3. The van der Waals surface area contributed by atoms with Gasteiger partial charge in [0.1, 0.15) is 5.75 Å². The molecule has 1 N–H and O–H groups in total. The van der Waals surface area contributed by atoms with Gasteiger partial charge < -0.3 is 14.7 Å². The van der Waals surface area contributed by atoms with Crippen LogP contribution in [0.5, 0.6) is 5.75 Å². The van der Waals surface area contributed by atoms with Crippen LogP contribution in [0.3, 0.4) is 0 Å². The molecule has 1 saturated heterocycles. The van der Waals surface area contributed by atoms with Gasteiger partial charge in [-0.2, -0.15) is 0 Å². The molecular weight excluding hydrogens is 266 g/mol. The third kappa shape index (κ3) is 3.99. The van der Waals surface area contributed by atoms with Crippen LogP contribution in [-0.2, 0) is 11.3 Å². The van der Waals surface area contributed by atoms with Gasteiger partial charge in [-0.05, 0) is 23.6 Å². The van der Waals surface area contributed by atoms with E-state index < -0.39 is 0 Å². The number of nitrogens with zero attached hydrogens (tertiary/aromatic N) is 1. The molecule has 1 amide bonds. The van der Waals surface area contributed by atoms with Crippen molar-refractivity contribution >= 4 is 5.91 Å². The maximum absolute atomic E-state index is 11.9. The second-order valence-electron chi connectivity index (χ2n) is 5.39. The van der Waals surface area contributed by atoms with Crippen LogP contribution in [0.15, 0.2) is 18.2 Å².